The summed E-state index contributed by atoms with van der Waals surface area (Å²) in [6.07, 6.45) is 3.82. The van der Waals surface area contributed by atoms with Crippen molar-refractivity contribution in [1.82, 2.24) is 4.98 Å². The predicted octanol–water partition coefficient (Wildman–Crippen LogP) is 4.22. The SMILES string of the molecule is NC(=O)C1CC1Cc1ccc(OCc2cc(N3CCCC3)nc3ccccc23)c(F)c1. The zero-order valence-corrected chi connectivity index (χ0v) is 17.4. The van der Waals surface area contributed by atoms with Crippen LogP contribution in [0.2, 0.25) is 0 Å². The molecule has 2 aliphatic rings. The van der Waals surface area contributed by atoms with Crippen molar-refractivity contribution in [1.29, 1.82) is 0 Å². The van der Waals surface area contributed by atoms with E-state index in [1.54, 1.807) is 6.07 Å². The van der Waals surface area contributed by atoms with E-state index in [2.05, 4.69) is 11.0 Å². The fourth-order valence-corrected chi connectivity index (χ4v) is 4.53. The van der Waals surface area contributed by atoms with E-state index in [4.69, 9.17) is 15.5 Å². The normalized spacial score (nSPS) is 20.2. The number of fused-ring (bicyclic) bond motifs is 1. The van der Waals surface area contributed by atoms with Gasteiger partial charge in [-0.05, 0) is 61.4 Å². The van der Waals surface area contributed by atoms with Gasteiger partial charge in [0.25, 0.3) is 0 Å². The highest BCUT2D eigenvalue weighted by atomic mass is 19.1. The van der Waals surface area contributed by atoms with Crippen LogP contribution in [0.3, 0.4) is 0 Å². The highest BCUT2D eigenvalue weighted by Gasteiger charge is 2.41. The van der Waals surface area contributed by atoms with Crippen LogP contribution in [0.25, 0.3) is 10.9 Å². The molecule has 1 aliphatic heterocycles. The molecule has 2 unspecified atom stereocenters. The number of para-hydroxylation sites is 1. The summed E-state index contributed by atoms with van der Waals surface area (Å²) in [4.78, 5) is 18.3. The second-order valence-corrected chi connectivity index (χ2v) is 8.61. The monoisotopic (exact) mass is 419 g/mol. The molecule has 0 bridgehead atoms. The molecule has 2 aromatic carbocycles. The Morgan fingerprint density at radius 3 is 2.71 bits per heavy atom. The summed E-state index contributed by atoms with van der Waals surface area (Å²) in [5.41, 5.74) is 8.13. The van der Waals surface area contributed by atoms with Gasteiger partial charge in [0.05, 0.1) is 5.52 Å². The molecule has 2 N–H and O–H groups in total. The van der Waals surface area contributed by atoms with Crippen LogP contribution in [-0.4, -0.2) is 24.0 Å². The number of hydrogen-bond donors (Lipinski definition) is 1. The van der Waals surface area contributed by atoms with Crippen LogP contribution in [0, 0.1) is 17.7 Å². The van der Waals surface area contributed by atoms with E-state index in [-0.39, 0.29) is 35.9 Å². The molecule has 1 aliphatic carbocycles. The first-order chi connectivity index (χ1) is 15.1. The minimum absolute atomic E-state index is 0.0660. The highest BCUT2D eigenvalue weighted by molar-refractivity contribution is 5.84. The van der Waals surface area contributed by atoms with Crippen molar-refractivity contribution < 1.29 is 13.9 Å². The number of halogens is 1. The number of nitrogens with two attached hydrogens (primary N) is 1. The van der Waals surface area contributed by atoms with Gasteiger partial charge in [-0.25, -0.2) is 9.37 Å². The summed E-state index contributed by atoms with van der Waals surface area (Å²) < 4.78 is 20.6. The molecule has 2 fully saturated rings. The van der Waals surface area contributed by atoms with Gasteiger partial charge in [0.15, 0.2) is 11.6 Å². The van der Waals surface area contributed by atoms with Crippen molar-refractivity contribution in [2.75, 3.05) is 18.0 Å². The summed E-state index contributed by atoms with van der Waals surface area (Å²) in [6.45, 7) is 2.30. The number of primary amides is 1. The van der Waals surface area contributed by atoms with Gasteiger partial charge in [-0.1, -0.05) is 24.3 Å². The van der Waals surface area contributed by atoms with Gasteiger partial charge in [-0.15, -0.1) is 0 Å². The first kappa shape index (κ1) is 19.8. The lowest BCUT2D eigenvalue weighted by atomic mass is 10.1. The van der Waals surface area contributed by atoms with Crippen LogP contribution in [0.5, 0.6) is 5.75 Å². The van der Waals surface area contributed by atoms with Gasteiger partial charge in [0.1, 0.15) is 12.4 Å². The van der Waals surface area contributed by atoms with Crippen LogP contribution in [0.1, 0.15) is 30.4 Å². The summed E-state index contributed by atoms with van der Waals surface area (Å²) in [5, 5.41) is 1.02. The number of rotatable bonds is 7. The molecule has 1 saturated carbocycles. The minimum Gasteiger partial charge on any atom is -0.486 e. The standard InChI is InChI=1S/C25H26FN3O2/c26-21-12-16(11-17-13-20(17)25(27)30)7-8-23(21)31-15-18-14-24(29-9-3-4-10-29)28-22-6-2-1-5-19(18)22/h1-2,5-8,12,14,17,20H,3-4,9-11,13,15H2,(H2,27,30). The van der Waals surface area contributed by atoms with Crippen LogP contribution >= 0.6 is 0 Å². The third-order valence-corrected chi connectivity index (χ3v) is 6.38. The lowest BCUT2D eigenvalue weighted by Crippen LogP contribution is -2.19. The zero-order chi connectivity index (χ0) is 21.4. The zero-order valence-electron chi connectivity index (χ0n) is 17.4. The van der Waals surface area contributed by atoms with Crippen LogP contribution in [-0.2, 0) is 17.8 Å². The van der Waals surface area contributed by atoms with Crippen LogP contribution in [0.4, 0.5) is 10.2 Å². The van der Waals surface area contributed by atoms with E-state index in [1.165, 1.54) is 18.9 Å². The number of pyridine rings is 1. The van der Waals surface area contributed by atoms with Crippen molar-refractivity contribution in [2.45, 2.75) is 32.3 Å². The average Bonchev–Trinajstić information content (AvgIpc) is 3.31. The van der Waals surface area contributed by atoms with Crippen LogP contribution < -0.4 is 15.4 Å². The van der Waals surface area contributed by atoms with Gasteiger partial charge >= 0.3 is 0 Å². The third-order valence-electron chi connectivity index (χ3n) is 6.38. The number of ether oxygens (including phenoxy) is 1. The Bertz CT molecular complexity index is 1130. The highest BCUT2D eigenvalue weighted by Crippen LogP contribution is 2.41. The quantitative estimate of drug-likeness (QED) is 0.623. The maximum Gasteiger partial charge on any atom is 0.220 e. The number of carbonyl (C=O) groups excluding carboxylic acids is 1. The maximum atomic E-state index is 14.7. The Hall–Kier alpha value is -3.15. The number of benzene rings is 2. The summed E-state index contributed by atoms with van der Waals surface area (Å²) in [5.74, 6) is 0.712. The van der Waals surface area contributed by atoms with Crippen molar-refractivity contribution in [3.05, 3.63) is 65.5 Å². The fraction of sp³-hybridized carbons (Fsp3) is 0.360. The van der Waals surface area contributed by atoms with E-state index in [9.17, 15) is 9.18 Å². The maximum absolute atomic E-state index is 14.7. The predicted molar refractivity (Wildman–Crippen MR) is 118 cm³/mol. The molecular formula is C25H26FN3O2. The van der Waals surface area contributed by atoms with Gasteiger partial charge in [-0.2, -0.15) is 0 Å². The average molecular weight is 420 g/mol. The molecule has 0 radical (unpaired) electrons. The summed E-state index contributed by atoms with van der Waals surface area (Å²) in [6, 6.07) is 15.1. The number of nitrogens with zero attached hydrogens (tertiary/aromatic N) is 2. The second kappa shape index (κ2) is 8.17. The molecule has 5 nitrogen and oxygen atoms in total. The van der Waals surface area contributed by atoms with Gasteiger partial charge in [0.2, 0.25) is 5.91 Å². The summed E-state index contributed by atoms with van der Waals surface area (Å²) in [7, 11) is 0. The van der Waals surface area contributed by atoms with Crippen molar-refractivity contribution in [2.24, 2.45) is 17.6 Å². The number of aromatic nitrogens is 1. The molecule has 2 heterocycles. The van der Waals surface area contributed by atoms with E-state index < -0.39 is 0 Å². The molecular weight excluding hydrogens is 393 g/mol. The molecule has 31 heavy (non-hydrogen) atoms. The van der Waals surface area contributed by atoms with Crippen LogP contribution in [0.15, 0.2) is 48.5 Å². The Balaban J connectivity index is 1.33. The van der Waals surface area contributed by atoms with E-state index in [0.29, 0.717) is 6.42 Å². The first-order valence-electron chi connectivity index (χ1n) is 10.9. The molecule has 0 spiro atoms. The Morgan fingerprint density at radius 1 is 1.16 bits per heavy atom. The Morgan fingerprint density at radius 2 is 1.97 bits per heavy atom. The van der Waals surface area contributed by atoms with Crippen molar-refractivity contribution in [3.8, 4) is 5.75 Å². The molecule has 1 aromatic heterocycles. The summed E-state index contributed by atoms with van der Waals surface area (Å²) >= 11 is 0. The van der Waals surface area contributed by atoms with E-state index in [0.717, 1.165) is 47.4 Å². The molecule has 2 atom stereocenters. The molecule has 3 aromatic rings. The largest absolute Gasteiger partial charge is 0.486 e. The van der Waals surface area contributed by atoms with Crippen molar-refractivity contribution in [3.63, 3.8) is 0 Å². The number of amides is 1. The molecule has 1 saturated heterocycles. The number of carbonyl (C=O) groups is 1. The lowest BCUT2D eigenvalue weighted by Gasteiger charge is -2.19. The second-order valence-electron chi connectivity index (χ2n) is 8.61. The molecule has 160 valence electrons. The molecule has 5 rings (SSSR count). The van der Waals surface area contributed by atoms with Gasteiger partial charge in [0, 0.05) is 30.0 Å². The fourth-order valence-electron chi connectivity index (χ4n) is 4.53. The number of hydrogen-bond acceptors (Lipinski definition) is 4. The number of anilines is 1. The lowest BCUT2D eigenvalue weighted by molar-refractivity contribution is -0.119. The first-order valence-corrected chi connectivity index (χ1v) is 10.9. The Kier molecular flexibility index (Phi) is 5.22. The topological polar surface area (TPSA) is 68.5 Å². The smallest absolute Gasteiger partial charge is 0.220 e. The minimum atomic E-state index is -0.382. The third kappa shape index (κ3) is 4.20. The van der Waals surface area contributed by atoms with Crippen molar-refractivity contribution >= 4 is 22.6 Å². The Labute approximate surface area is 181 Å². The van der Waals surface area contributed by atoms with E-state index in [1.807, 2.05) is 30.3 Å². The molecule has 6 heteroatoms. The molecule has 1 amide bonds. The van der Waals surface area contributed by atoms with Gasteiger partial charge in [-0.3, -0.25) is 4.79 Å². The van der Waals surface area contributed by atoms with E-state index >= 15 is 0 Å². The van der Waals surface area contributed by atoms with Gasteiger partial charge < -0.3 is 15.4 Å².